The van der Waals surface area contributed by atoms with Crippen molar-refractivity contribution < 1.29 is 4.39 Å². The van der Waals surface area contributed by atoms with Crippen molar-refractivity contribution in [2.24, 2.45) is 5.73 Å². The highest BCUT2D eigenvalue weighted by molar-refractivity contribution is 7.80. The number of nitrogens with one attached hydrogen (secondary N) is 1. The molecule has 7 heteroatoms. The van der Waals surface area contributed by atoms with Gasteiger partial charge in [-0.3, -0.25) is 0 Å². The summed E-state index contributed by atoms with van der Waals surface area (Å²) in [5.74, 6) is -0.0499. The molecule has 0 bridgehead atoms. The van der Waals surface area contributed by atoms with Gasteiger partial charge in [0.15, 0.2) is 0 Å². The van der Waals surface area contributed by atoms with Crippen molar-refractivity contribution in [3.63, 3.8) is 0 Å². The normalized spacial score (nSPS) is 10.1. The highest BCUT2D eigenvalue weighted by atomic mass is 35.5. The van der Waals surface area contributed by atoms with Crippen LogP contribution >= 0.6 is 23.8 Å². The van der Waals surface area contributed by atoms with E-state index in [4.69, 9.17) is 29.6 Å². The molecule has 3 N–H and O–H groups in total. The fourth-order valence-corrected chi connectivity index (χ4v) is 1.46. The van der Waals surface area contributed by atoms with Crippen LogP contribution in [0.3, 0.4) is 0 Å². The van der Waals surface area contributed by atoms with Gasteiger partial charge in [0, 0.05) is 5.69 Å². The van der Waals surface area contributed by atoms with E-state index in [0.29, 0.717) is 17.2 Å². The molecule has 18 heavy (non-hydrogen) atoms. The third-order valence-corrected chi connectivity index (χ3v) is 2.61. The molecule has 0 amide bonds. The Morgan fingerprint density at radius 3 is 2.67 bits per heavy atom. The molecule has 0 spiro atoms. The first-order chi connectivity index (χ1) is 8.56. The standard InChI is InChI=1S/C11H8ClFN4S/c12-7-2-1-6(3-8(7)13)17-10-5-15-9(4-16-10)11(14)18/h1-5H,(H2,14,18)(H,16,17). The smallest absolute Gasteiger partial charge is 0.148 e. The summed E-state index contributed by atoms with van der Waals surface area (Å²) in [5, 5.41) is 2.95. The number of halogens is 2. The van der Waals surface area contributed by atoms with E-state index in [0.717, 1.165) is 0 Å². The Morgan fingerprint density at radius 2 is 2.11 bits per heavy atom. The van der Waals surface area contributed by atoms with Crippen LogP contribution in [0.25, 0.3) is 0 Å². The molecule has 0 radical (unpaired) electrons. The number of thiocarbonyl (C=S) groups is 1. The maximum absolute atomic E-state index is 13.2. The van der Waals surface area contributed by atoms with E-state index in [2.05, 4.69) is 15.3 Å². The molecular formula is C11H8ClFN4S. The van der Waals surface area contributed by atoms with Gasteiger partial charge >= 0.3 is 0 Å². The first-order valence-electron chi connectivity index (χ1n) is 4.90. The number of aromatic nitrogens is 2. The lowest BCUT2D eigenvalue weighted by Crippen LogP contribution is -2.12. The van der Waals surface area contributed by atoms with E-state index >= 15 is 0 Å². The van der Waals surface area contributed by atoms with Gasteiger partial charge in [0.25, 0.3) is 0 Å². The third kappa shape index (κ3) is 2.91. The number of hydrogen-bond donors (Lipinski definition) is 2. The van der Waals surface area contributed by atoms with E-state index in [-0.39, 0.29) is 10.0 Å². The minimum absolute atomic E-state index is 0.0652. The Bertz CT molecular complexity index is 588. The summed E-state index contributed by atoms with van der Waals surface area (Å²) in [6.07, 6.45) is 2.90. The second-order valence-electron chi connectivity index (χ2n) is 3.41. The van der Waals surface area contributed by atoms with Crippen LogP contribution in [0, 0.1) is 5.82 Å². The highest BCUT2D eigenvalue weighted by Crippen LogP contribution is 2.20. The number of benzene rings is 1. The van der Waals surface area contributed by atoms with Crippen LogP contribution in [0.15, 0.2) is 30.6 Å². The summed E-state index contributed by atoms with van der Waals surface area (Å²) >= 11 is 10.3. The van der Waals surface area contributed by atoms with E-state index < -0.39 is 5.82 Å². The fourth-order valence-electron chi connectivity index (χ4n) is 1.24. The predicted octanol–water partition coefficient (Wildman–Crippen LogP) is 2.65. The lowest BCUT2D eigenvalue weighted by atomic mass is 10.3. The second kappa shape index (κ2) is 5.24. The molecule has 0 unspecified atom stereocenters. The average Bonchev–Trinajstić information content (AvgIpc) is 2.34. The van der Waals surface area contributed by atoms with Crippen LogP contribution < -0.4 is 11.1 Å². The predicted molar refractivity (Wildman–Crippen MR) is 72.6 cm³/mol. The average molecular weight is 283 g/mol. The van der Waals surface area contributed by atoms with E-state index in [9.17, 15) is 4.39 Å². The number of rotatable bonds is 3. The number of nitrogens with two attached hydrogens (primary N) is 1. The fraction of sp³-hybridized carbons (Fsp3) is 0. The number of hydrogen-bond acceptors (Lipinski definition) is 4. The van der Waals surface area contributed by atoms with Gasteiger partial charge in [0.1, 0.15) is 22.3 Å². The quantitative estimate of drug-likeness (QED) is 0.848. The topological polar surface area (TPSA) is 63.8 Å². The van der Waals surface area contributed by atoms with Crippen molar-refractivity contribution in [1.82, 2.24) is 9.97 Å². The Kier molecular flexibility index (Phi) is 3.69. The third-order valence-electron chi connectivity index (χ3n) is 2.10. The molecule has 0 saturated heterocycles. The minimum Gasteiger partial charge on any atom is -0.388 e. The van der Waals surface area contributed by atoms with Crippen LogP contribution in [-0.2, 0) is 0 Å². The highest BCUT2D eigenvalue weighted by Gasteiger charge is 2.03. The summed E-state index contributed by atoms with van der Waals surface area (Å²) in [7, 11) is 0. The van der Waals surface area contributed by atoms with Crippen molar-refractivity contribution in [3.8, 4) is 0 Å². The van der Waals surface area contributed by atoms with Gasteiger partial charge in [-0.25, -0.2) is 14.4 Å². The molecule has 0 atom stereocenters. The largest absolute Gasteiger partial charge is 0.388 e. The summed E-state index contributed by atoms with van der Waals surface area (Å²) in [6.45, 7) is 0. The summed E-state index contributed by atoms with van der Waals surface area (Å²) < 4.78 is 13.2. The molecule has 0 saturated carbocycles. The molecule has 4 nitrogen and oxygen atoms in total. The maximum Gasteiger partial charge on any atom is 0.148 e. The lowest BCUT2D eigenvalue weighted by Gasteiger charge is -2.06. The van der Waals surface area contributed by atoms with E-state index in [1.165, 1.54) is 24.5 Å². The van der Waals surface area contributed by atoms with Crippen molar-refractivity contribution in [2.75, 3.05) is 5.32 Å². The van der Waals surface area contributed by atoms with Gasteiger partial charge < -0.3 is 11.1 Å². The molecule has 1 heterocycles. The molecule has 0 aliphatic heterocycles. The Labute approximate surface area is 113 Å². The van der Waals surface area contributed by atoms with Crippen LogP contribution in [0.5, 0.6) is 0 Å². The summed E-state index contributed by atoms with van der Waals surface area (Å²) in [6, 6.07) is 4.36. The first kappa shape index (κ1) is 12.7. The molecule has 0 aliphatic rings. The molecule has 92 valence electrons. The van der Waals surface area contributed by atoms with Gasteiger partial charge in [0.05, 0.1) is 17.4 Å². The van der Waals surface area contributed by atoms with Crippen molar-refractivity contribution in [3.05, 3.63) is 47.1 Å². The Morgan fingerprint density at radius 1 is 1.33 bits per heavy atom. The van der Waals surface area contributed by atoms with Gasteiger partial charge in [0.2, 0.25) is 0 Å². The van der Waals surface area contributed by atoms with Crippen LogP contribution in [0.4, 0.5) is 15.9 Å². The SMILES string of the molecule is NC(=S)c1cnc(Nc2ccc(Cl)c(F)c2)cn1. The zero-order chi connectivity index (χ0) is 13.1. The van der Waals surface area contributed by atoms with Crippen LogP contribution in [0.1, 0.15) is 5.69 Å². The van der Waals surface area contributed by atoms with Crippen molar-refractivity contribution in [1.29, 1.82) is 0 Å². The van der Waals surface area contributed by atoms with E-state index in [1.807, 2.05) is 0 Å². The molecule has 1 aromatic heterocycles. The zero-order valence-electron chi connectivity index (χ0n) is 9.02. The molecule has 0 aliphatic carbocycles. The number of nitrogens with zero attached hydrogens (tertiary/aromatic N) is 2. The van der Waals surface area contributed by atoms with Gasteiger partial charge in [-0.05, 0) is 18.2 Å². The summed E-state index contributed by atoms with van der Waals surface area (Å²) in [5.41, 5.74) is 6.35. The Hall–Kier alpha value is -1.79. The molecule has 2 rings (SSSR count). The first-order valence-corrected chi connectivity index (χ1v) is 5.69. The molecule has 2 aromatic rings. The van der Waals surface area contributed by atoms with Crippen LogP contribution in [0.2, 0.25) is 5.02 Å². The van der Waals surface area contributed by atoms with E-state index in [1.54, 1.807) is 6.07 Å². The van der Waals surface area contributed by atoms with Gasteiger partial charge in [-0.2, -0.15) is 0 Å². The molecule has 1 aromatic carbocycles. The summed E-state index contributed by atoms with van der Waals surface area (Å²) in [4.78, 5) is 8.23. The van der Waals surface area contributed by atoms with Gasteiger partial charge in [-0.15, -0.1) is 0 Å². The number of anilines is 2. The lowest BCUT2D eigenvalue weighted by molar-refractivity contribution is 0.629. The molecule has 0 fully saturated rings. The van der Waals surface area contributed by atoms with Crippen LogP contribution in [-0.4, -0.2) is 15.0 Å². The maximum atomic E-state index is 13.2. The monoisotopic (exact) mass is 282 g/mol. The zero-order valence-corrected chi connectivity index (χ0v) is 10.6. The Balaban J connectivity index is 2.18. The minimum atomic E-state index is -0.505. The second-order valence-corrected chi connectivity index (χ2v) is 4.25. The van der Waals surface area contributed by atoms with Gasteiger partial charge in [-0.1, -0.05) is 23.8 Å². The van der Waals surface area contributed by atoms with Crippen molar-refractivity contribution in [2.45, 2.75) is 0 Å². The van der Waals surface area contributed by atoms with Crippen molar-refractivity contribution >= 4 is 40.3 Å². The molecular weight excluding hydrogens is 275 g/mol.